The van der Waals surface area contributed by atoms with Crippen molar-refractivity contribution in [2.24, 2.45) is 17.8 Å². The minimum absolute atomic E-state index is 0.149. The molecular weight excluding hydrogens is 390 g/mol. The van der Waals surface area contributed by atoms with Crippen molar-refractivity contribution in [2.45, 2.75) is 25.2 Å². The molecule has 0 saturated carbocycles. The van der Waals surface area contributed by atoms with Crippen LogP contribution in [0.2, 0.25) is 19.6 Å². The van der Waals surface area contributed by atoms with E-state index in [1.807, 2.05) is 55.8 Å². The van der Waals surface area contributed by atoms with E-state index in [4.69, 9.17) is 10.7 Å². The lowest BCUT2D eigenvalue weighted by atomic mass is 9.82. The predicted molar refractivity (Wildman–Crippen MR) is 123 cm³/mol. The molecule has 2 aromatic carbocycles. The average molecular weight is 418 g/mol. The summed E-state index contributed by atoms with van der Waals surface area (Å²) in [5.74, 6) is 0.0742. The number of carbonyl (C=O) groups is 1. The molecule has 0 radical (unpaired) electrons. The highest BCUT2D eigenvalue weighted by atomic mass is 28.3. The Morgan fingerprint density at radius 2 is 1.67 bits per heavy atom. The molecule has 1 aliphatic heterocycles. The van der Waals surface area contributed by atoms with Gasteiger partial charge in [-0.3, -0.25) is 14.4 Å². The summed E-state index contributed by atoms with van der Waals surface area (Å²) in [6.07, 6.45) is 3.77. The molecule has 155 valence electrons. The van der Waals surface area contributed by atoms with Gasteiger partial charge in [0.2, 0.25) is 0 Å². The van der Waals surface area contributed by atoms with Crippen LogP contribution >= 0.6 is 0 Å². The van der Waals surface area contributed by atoms with Crippen LogP contribution in [-0.4, -0.2) is 41.7 Å². The second kappa shape index (κ2) is 6.95. The molecule has 4 rings (SSSR count). The number of aromatic nitrogens is 2. The molecule has 6 nitrogen and oxygen atoms in total. The first-order chi connectivity index (χ1) is 14.1. The molecule has 30 heavy (non-hydrogen) atoms. The largest absolute Gasteiger partial charge is 0.369 e. The molecule has 0 aliphatic carbocycles. The van der Waals surface area contributed by atoms with Crippen LogP contribution in [0.15, 0.2) is 65.9 Å². The molecule has 7 heteroatoms. The van der Waals surface area contributed by atoms with Gasteiger partial charge in [-0.1, -0.05) is 42.5 Å². The molecule has 2 N–H and O–H groups in total. The number of hydrogen-bond acceptors (Lipinski definition) is 4. The zero-order valence-corrected chi connectivity index (χ0v) is 19.0. The van der Waals surface area contributed by atoms with Crippen LogP contribution in [0.4, 0.5) is 0 Å². The third kappa shape index (κ3) is 3.15. The maximum Gasteiger partial charge on any atom is 0.266 e. The SMILES string of the molecule is CN1C(=O)C(c2ccc([Si-](C)(C)C)cc2)(c2cccc(-c3cnn(C)c3)c2)N=C1N. The molecule has 1 atom stereocenters. The van der Waals surface area contributed by atoms with E-state index in [9.17, 15) is 4.79 Å². The van der Waals surface area contributed by atoms with Crippen LogP contribution in [0.3, 0.4) is 0 Å². The highest BCUT2D eigenvalue weighted by Gasteiger charge is 2.49. The molecular formula is C23H27N5OSi-. The molecule has 1 unspecified atom stereocenters. The van der Waals surface area contributed by atoms with E-state index >= 15 is 0 Å². The van der Waals surface area contributed by atoms with E-state index in [1.165, 1.54) is 10.1 Å². The summed E-state index contributed by atoms with van der Waals surface area (Å²) >= 11 is 0. The number of carbonyl (C=O) groups excluding carboxylic acids is 1. The van der Waals surface area contributed by atoms with Crippen molar-refractivity contribution in [1.29, 1.82) is 0 Å². The van der Waals surface area contributed by atoms with Crippen molar-refractivity contribution in [3.63, 3.8) is 0 Å². The topological polar surface area (TPSA) is 76.5 Å². The van der Waals surface area contributed by atoms with Crippen LogP contribution in [-0.2, 0) is 17.4 Å². The zero-order chi connectivity index (χ0) is 21.7. The highest BCUT2D eigenvalue weighted by Crippen LogP contribution is 2.40. The Bertz CT molecular complexity index is 1140. The van der Waals surface area contributed by atoms with Crippen molar-refractivity contribution in [3.8, 4) is 11.1 Å². The summed E-state index contributed by atoms with van der Waals surface area (Å²) < 4.78 is 1.76. The lowest BCUT2D eigenvalue weighted by Gasteiger charge is -2.31. The second-order valence-electron chi connectivity index (χ2n) is 8.86. The summed E-state index contributed by atoms with van der Waals surface area (Å²) in [6.45, 7) is 6.92. The first kappa shape index (κ1) is 20.1. The van der Waals surface area contributed by atoms with E-state index in [0.29, 0.717) is 0 Å². The fraction of sp³-hybridized carbons (Fsp3) is 0.261. The Hall–Kier alpha value is -3.19. The summed E-state index contributed by atoms with van der Waals surface area (Å²) in [6, 6.07) is 16.2. The number of nitrogens with two attached hydrogens (primary N) is 1. The maximum absolute atomic E-state index is 13.5. The predicted octanol–water partition coefficient (Wildman–Crippen LogP) is 2.66. The van der Waals surface area contributed by atoms with Crippen molar-refractivity contribution < 1.29 is 4.79 Å². The van der Waals surface area contributed by atoms with Gasteiger partial charge in [-0.15, -0.1) is 8.07 Å². The van der Waals surface area contributed by atoms with Gasteiger partial charge in [-0.2, -0.15) is 29.9 Å². The van der Waals surface area contributed by atoms with Gasteiger partial charge in [0.1, 0.15) is 0 Å². The standard InChI is InChI=1S/C23H27N5OSi/c1-27-15-17(14-25-27)16-7-6-8-19(13-16)23(21(29)28(2)22(24)26-23)18-9-11-20(12-10-18)30(3,4)5/h6-15H,1-5H3,(H2,24,26)/q-1. The first-order valence-corrected chi connectivity index (χ1v) is 13.5. The van der Waals surface area contributed by atoms with E-state index in [2.05, 4.69) is 36.9 Å². The molecule has 0 fully saturated rings. The minimum Gasteiger partial charge on any atom is -0.369 e. The van der Waals surface area contributed by atoms with Gasteiger partial charge >= 0.3 is 0 Å². The number of rotatable bonds is 4. The lowest BCUT2D eigenvalue weighted by Crippen LogP contribution is -2.42. The number of amides is 1. The molecule has 0 saturated heterocycles. The zero-order valence-electron chi connectivity index (χ0n) is 18.0. The summed E-state index contributed by atoms with van der Waals surface area (Å²) in [7, 11) is 2.10. The Morgan fingerprint density at radius 3 is 2.20 bits per heavy atom. The monoisotopic (exact) mass is 417 g/mol. The fourth-order valence-corrected chi connectivity index (χ4v) is 5.06. The van der Waals surface area contributed by atoms with Crippen LogP contribution in [0.1, 0.15) is 11.1 Å². The summed E-state index contributed by atoms with van der Waals surface area (Å²) in [5.41, 5.74) is 8.52. The average Bonchev–Trinajstić information content (AvgIpc) is 3.25. The third-order valence-corrected chi connectivity index (χ3v) is 7.79. The van der Waals surface area contributed by atoms with E-state index in [1.54, 1.807) is 11.7 Å². The fourth-order valence-electron chi connectivity index (χ4n) is 3.89. The van der Waals surface area contributed by atoms with Gasteiger partial charge < -0.3 is 5.73 Å². The Kier molecular flexibility index (Phi) is 4.65. The van der Waals surface area contributed by atoms with Crippen molar-refractivity contribution in [1.82, 2.24) is 14.7 Å². The number of aliphatic imine (C=N–C) groups is 1. The lowest BCUT2D eigenvalue weighted by molar-refractivity contribution is -0.129. The summed E-state index contributed by atoms with van der Waals surface area (Å²) in [4.78, 5) is 19.6. The van der Waals surface area contributed by atoms with Gasteiger partial charge in [-0.25, -0.2) is 4.99 Å². The molecule has 1 amide bonds. The first-order valence-electron chi connectivity index (χ1n) is 9.97. The van der Waals surface area contributed by atoms with Crippen LogP contribution < -0.4 is 10.9 Å². The molecule has 0 spiro atoms. The second-order valence-corrected chi connectivity index (χ2v) is 13.9. The number of guanidine groups is 1. The van der Waals surface area contributed by atoms with Crippen molar-refractivity contribution in [2.75, 3.05) is 7.05 Å². The van der Waals surface area contributed by atoms with Gasteiger partial charge in [0.05, 0.1) is 6.20 Å². The Labute approximate surface area is 178 Å². The quantitative estimate of drug-likeness (QED) is 0.663. The van der Waals surface area contributed by atoms with Gasteiger partial charge in [0, 0.05) is 25.9 Å². The van der Waals surface area contributed by atoms with Gasteiger partial charge in [0.15, 0.2) is 11.5 Å². The van der Waals surface area contributed by atoms with Crippen molar-refractivity contribution in [3.05, 3.63) is 72.1 Å². The number of hydrogen-bond donors (Lipinski definition) is 1. The number of nitrogens with zero attached hydrogens (tertiary/aromatic N) is 4. The van der Waals surface area contributed by atoms with Gasteiger partial charge in [-0.05, 0) is 22.8 Å². The van der Waals surface area contributed by atoms with E-state index in [0.717, 1.165) is 22.3 Å². The Balaban J connectivity index is 1.90. The maximum atomic E-state index is 13.5. The smallest absolute Gasteiger partial charge is 0.266 e. The van der Waals surface area contributed by atoms with Crippen molar-refractivity contribution >= 4 is 25.1 Å². The Morgan fingerprint density at radius 1 is 0.967 bits per heavy atom. The highest BCUT2D eigenvalue weighted by molar-refractivity contribution is 6.88. The molecule has 1 aromatic heterocycles. The number of likely N-dealkylation sites (N-methyl/N-ethyl adjacent to an activating group) is 1. The normalized spacial score (nSPS) is 19.3. The van der Waals surface area contributed by atoms with Crippen LogP contribution in [0.5, 0.6) is 0 Å². The number of aryl methyl sites for hydroxylation is 1. The van der Waals surface area contributed by atoms with E-state index in [-0.39, 0.29) is 11.9 Å². The molecule has 2 heterocycles. The molecule has 1 aliphatic rings. The van der Waals surface area contributed by atoms with Crippen LogP contribution in [0.25, 0.3) is 11.1 Å². The minimum atomic E-state index is -1.46. The van der Waals surface area contributed by atoms with E-state index < -0.39 is 13.6 Å². The molecule has 3 aromatic rings. The van der Waals surface area contributed by atoms with Gasteiger partial charge in [0.25, 0.3) is 5.91 Å². The molecule has 0 bridgehead atoms. The number of benzene rings is 2. The summed E-state index contributed by atoms with van der Waals surface area (Å²) in [5, 5.41) is 5.60. The van der Waals surface area contributed by atoms with Crippen LogP contribution in [0, 0.1) is 0 Å². The third-order valence-electron chi connectivity index (χ3n) is 5.73.